The average molecular weight is 200 g/mol. The molecule has 0 aliphatic heterocycles. The summed E-state index contributed by atoms with van der Waals surface area (Å²) in [4.78, 5) is 0. The van der Waals surface area contributed by atoms with E-state index in [4.69, 9.17) is 20.6 Å². The molecule has 0 aliphatic rings. The molecule has 0 aromatic heterocycles. The minimum atomic E-state index is 0.357. The summed E-state index contributed by atoms with van der Waals surface area (Å²) < 4.78 is 15.6. The third-order valence-electron chi connectivity index (χ3n) is 1.57. The summed E-state index contributed by atoms with van der Waals surface area (Å²) in [5.74, 6) is 2.39. The van der Waals surface area contributed by atoms with Crippen LogP contribution in [0, 0.1) is 12.3 Å². The maximum Gasteiger partial charge on any atom is 0.107 e. The highest BCUT2D eigenvalue weighted by Crippen LogP contribution is 1.87. The Hall–Kier alpha value is -0.560. The van der Waals surface area contributed by atoms with Gasteiger partial charge in [-0.2, -0.15) is 0 Å². The number of unbranched alkanes of at least 4 members (excludes halogenated alkanes) is 1. The van der Waals surface area contributed by atoms with Crippen LogP contribution in [0.15, 0.2) is 0 Å². The van der Waals surface area contributed by atoms with E-state index < -0.39 is 0 Å². The molecule has 0 atom stereocenters. The summed E-state index contributed by atoms with van der Waals surface area (Å²) in [5, 5.41) is 0. The van der Waals surface area contributed by atoms with E-state index in [2.05, 4.69) is 12.8 Å². The lowest BCUT2D eigenvalue weighted by atomic mass is 10.4. The molecular weight excluding hydrogens is 180 g/mol. The van der Waals surface area contributed by atoms with Crippen molar-refractivity contribution in [2.45, 2.75) is 19.8 Å². The molecule has 0 N–H and O–H groups in total. The van der Waals surface area contributed by atoms with E-state index >= 15 is 0 Å². The first kappa shape index (κ1) is 13.4. The molecule has 82 valence electrons. The smallest absolute Gasteiger partial charge is 0.107 e. The van der Waals surface area contributed by atoms with Crippen LogP contribution < -0.4 is 0 Å². The number of rotatable bonds is 10. The molecule has 0 fully saturated rings. The summed E-state index contributed by atoms with van der Waals surface area (Å²) in [6.07, 6.45) is 7.29. The maximum atomic E-state index is 5.30. The molecule has 0 aliphatic carbocycles. The SMILES string of the molecule is C#CCOCCOCCOCCCC. The maximum absolute atomic E-state index is 5.30. The van der Waals surface area contributed by atoms with Gasteiger partial charge in [-0.1, -0.05) is 19.3 Å². The predicted octanol–water partition coefficient (Wildman–Crippen LogP) is 1.47. The molecule has 0 spiro atoms. The molecule has 0 bridgehead atoms. The molecule has 0 saturated carbocycles. The first-order chi connectivity index (χ1) is 6.91. The number of hydrogen-bond acceptors (Lipinski definition) is 3. The lowest BCUT2D eigenvalue weighted by Crippen LogP contribution is -2.09. The van der Waals surface area contributed by atoms with E-state index in [0.717, 1.165) is 13.0 Å². The van der Waals surface area contributed by atoms with E-state index in [0.29, 0.717) is 33.0 Å². The minimum absolute atomic E-state index is 0.357. The van der Waals surface area contributed by atoms with Gasteiger partial charge in [-0.15, -0.1) is 6.42 Å². The van der Waals surface area contributed by atoms with Crippen LogP contribution in [0.3, 0.4) is 0 Å². The van der Waals surface area contributed by atoms with Gasteiger partial charge in [-0.05, 0) is 6.42 Å². The van der Waals surface area contributed by atoms with Crippen LogP contribution in [0.25, 0.3) is 0 Å². The van der Waals surface area contributed by atoms with Crippen LogP contribution >= 0.6 is 0 Å². The molecule has 0 radical (unpaired) electrons. The summed E-state index contributed by atoms with van der Waals surface area (Å²) in [6.45, 7) is 5.75. The molecule has 0 heterocycles. The zero-order valence-corrected chi connectivity index (χ0v) is 8.96. The predicted molar refractivity (Wildman–Crippen MR) is 56.2 cm³/mol. The Balaban J connectivity index is 2.82. The van der Waals surface area contributed by atoms with E-state index in [1.807, 2.05) is 0 Å². The van der Waals surface area contributed by atoms with Gasteiger partial charge in [-0.25, -0.2) is 0 Å². The van der Waals surface area contributed by atoms with Gasteiger partial charge >= 0.3 is 0 Å². The van der Waals surface area contributed by atoms with Crippen molar-refractivity contribution in [1.82, 2.24) is 0 Å². The fourth-order valence-electron chi connectivity index (χ4n) is 0.817. The van der Waals surface area contributed by atoms with Gasteiger partial charge in [0.25, 0.3) is 0 Å². The average Bonchev–Trinajstić information content (AvgIpc) is 2.21. The molecule has 0 aromatic carbocycles. The summed E-state index contributed by atoms with van der Waals surface area (Å²) in [6, 6.07) is 0. The molecule has 0 saturated heterocycles. The van der Waals surface area contributed by atoms with Crippen molar-refractivity contribution >= 4 is 0 Å². The normalized spacial score (nSPS) is 10.0. The summed E-state index contributed by atoms with van der Waals surface area (Å²) in [5.41, 5.74) is 0. The Morgan fingerprint density at radius 1 is 0.929 bits per heavy atom. The molecular formula is C11H20O3. The van der Waals surface area contributed by atoms with Gasteiger partial charge in [0, 0.05) is 6.61 Å². The van der Waals surface area contributed by atoms with Crippen molar-refractivity contribution in [2.75, 3.05) is 39.6 Å². The Morgan fingerprint density at radius 2 is 1.50 bits per heavy atom. The highest BCUT2D eigenvalue weighted by molar-refractivity contribution is 4.82. The molecule has 3 nitrogen and oxygen atoms in total. The monoisotopic (exact) mass is 200 g/mol. The molecule has 3 heteroatoms. The van der Waals surface area contributed by atoms with E-state index in [-0.39, 0.29) is 0 Å². The Bertz CT molecular complexity index is 140. The van der Waals surface area contributed by atoms with Crippen molar-refractivity contribution in [3.63, 3.8) is 0 Å². The third kappa shape index (κ3) is 11.4. The Labute approximate surface area is 86.7 Å². The topological polar surface area (TPSA) is 27.7 Å². The van der Waals surface area contributed by atoms with E-state index in [9.17, 15) is 0 Å². The van der Waals surface area contributed by atoms with Gasteiger partial charge in [-0.3, -0.25) is 0 Å². The molecule has 14 heavy (non-hydrogen) atoms. The minimum Gasteiger partial charge on any atom is -0.379 e. The van der Waals surface area contributed by atoms with E-state index in [1.165, 1.54) is 6.42 Å². The van der Waals surface area contributed by atoms with Crippen molar-refractivity contribution in [3.05, 3.63) is 0 Å². The third-order valence-corrected chi connectivity index (χ3v) is 1.57. The first-order valence-electron chi connectivity index (χ1n) is 5.08. The lowest BCUT2D eigenvalue weighted by Gasteiger charge is -2.04. The van der Waals surface area contributed by atoms with Gasteiger partial charge in [0.05, 0.1) is 26.4 Å². The second kappa shape index (κ2) is 12.4. The lowest BCUT2D eigenvalue weighted by molar-refractivity contribution is 0.0197. The van der Waals surface area contributed by atoms with Crippen molar-refractivity contribution in [3.8, 4) is 12.3 Å². The molecule has 0 aromatic rings. The van der Waals surface area contributed by atoms with Gasteiger partial charge in [0.15, 0.2) is 0 Å². The van der Waals surface area contributed by atoms with Crippen LogP contribution in [-0.2, 0) is 14.2 Å². The van der Waals surface area contributed by atoms with Crippen LogP contribution in [-0.4, -0.2) is 39.6 Å². The second-order valence-corrected chi connectivity index (χ2v) is 2.84. The van der Waals surface area contributed by atoms with Gasteiger partial charge < -0.3 is 14.2 Å². The quantitative estimate of drug-likeness (QED) is 0.395. The number of terminal acetylenes is 1. The summed E-state index contributed by atoms with van der Waals surface area (Å²) in [7, 11) is 0. The molecule has 0 amide bonds. The van der Waals surface area contributed by atoms with E-state index in [1.54, 1.807) is 0 Å². The Morgan fingerprint density at radius 3 is 2.07 bits per heavy atom. The number of hydrogen-bond donors (Lipinski definition) is 0. The standard InChI is InChI=1S/C11H20O3/c1-3-5-7-13-9-11-14-10-8-12-6-4-2/h2H,3,5-11H2,1H3. The fourth-order valence-corrected chi connectivity index (χ4v) is 0.817. The van der Waals surface area contributed by atoms with Crippen LogP contribution in [0.1, 0.15) is 19.8 Å². The molecule has 0 rings (SSSR count). The summed E-state index contributed by atoms with van der Waals surface area (Å²) >= 11 is 0. The molecule has 0 unspecified atom stereocenters. The zero-order valence-electron chi connectivity index (χ0n) is 8.96. The first-order valence-corrected chi connectivity index (χ1v) is 5.08. The zero-order chi connectivity index (χ0) is 10.5. The number of ether oxygens (including phenoxy) is 3. The highest BCUT2D eigenvalue weighted by Gasteiger charge is 1.89. The fraction of sp³-hybridized carbons (Fsp3) is 0.818. The van der Waals surface area contributed by atoms with Crippen LogP contribution in [0.2, 0.25) is 0 Å². The van der Waals surface area contributed by atoms with Crippen molar-refractivity contribution < 1.29 is 14.2 Å². The van der Waals surface area contributed by atoms with Crippen LogP contribution in [0.5, 0.6) is 0 Å². The van der Waals surface area contributed by atoms with Gasteiger partial charge in [0.2, 0.25) is 0 Å². The van der Waals surface area contributed by atoms with Gasteiger partial charge in [0.1, 0.15) is 6.61 Å². The second-order valence-electron chi connectivity index (χ2n) is 2.84. The Kier molecular flexibility index (Phi) is 11.9. The van der Waals surface area contributed by atoms with Crippen molar-refractivity contribution in [2.24, 2.45) is 0 Å². The van der Waals surface area contributed by atoms with Crippen LogP contribution in [0.4, 0.5) is 0 Å². The largest absolute Gasteiger partial charge is 0.379 e. The van der Waals surface area contributed by atoms with Crippen molar-refractivity contribution in [1.29, 1.82) is 0 Å². The highest BCUT2D eigenvalue weighted by atomic mass is 16.5.